The summed E-state index contributed by atoms with van der Waals surface area (Å²) in [5.74, 6) is 0.310. The Morgan fingerprint density at radius 2 is 2.10 bits per heavy atom. The molecule has 1 aromatic carbocycles. The van der Waals surface area contributed by atoms with Crippen LogP contribution in [-0.2, 0) is 16.1 Å². The summed E-state index contributed by atoms with van der Waals surface area (Å²) in [5.41, 5.74) is 2.64. The molecule has 7 heteroatoms. The summed E-state index contributed by atoms with van der Waals surface area (Å²) < 4.78 is 6.85. The largest absolute Gasteiger partial charge is 0.391 e. The summed E-state index contributed by atoms with van der Waals surface area (Å²) in [6, 6.07) is 3.83. The molecule has 0 saturated carbocycles. The number of nitrogens with one attached hydrogen (secondary N) is 1. The zero-order valence-electron chi connectivity index (χ0n) is 16.9. The van der Waals surface area contributed by atoms with Gasteiger partial charge in [0.05, 0.1) is 29.9 Å². The molecule has 0 bridgehead atoms. The van der Waals surface area contributed by atoms with Crippen molar-refractivity contribution in [3.05, 3.63) is 39.9 Å². The number of hydrogen-bond acceptors (Lipinski definition) is 6. The molecule has 4 rings (SSSR count). The van der Waals surface area contributed by atoms with Crippen molar-refractivity contribution in [2.45, 2.75) is 63.6 Å². The number of ether oxygens (including phenoxy) is 1. The average molecular weight is 399 g/mol. The van der Waals surface area contributed by atoms with Crippen molar-refractivity contribution in [3.8, 4) is 0 Å². The number of rotatable bonds is 5. The van der Waals surface area contributed by atoms with E-state index in [-0.39, 0.29) is 30.3 Å². The lowest BCUT2D eigenvalue weighted by Gasteiger charge is -2.28. The summed E-state index contributed by atoms with van der Waals surface area (Å²) in [5, 5.41) is 13.8. The number of carbonyl (C=O) groups is 1. The van der Waals surface area contributed by atoms with Crippen LogP contribution in [0.2, 0.25) is 0 Å². The molecule has 2 fully saturated rings. The Morgan fingerprint density at radius 1 is 1.31 bits per heavy atom. The van der Waals surface area contributed by atoms with Gasteiger partial charge in [0.25, 0.3) is 5.56 Å². The molecule has 0 unspecified atom stereocenters. The van der Waals surface area contributed by atoms with Crippen LogP contribution in [0.1, 0.15) is 49.1 Å². The highest BCUT2D eigenvalue weighted by atomic mass is 16.5. The molecule has 0 radical (unpaired) electrons. The average Bonchev–Trinajstić information content (AvgIpc) is 2.72. The van der Waals surface area contributed by atoms with Gasteiger partial charge >= 0.3 is 0 Å². The van der Waals surface area contributed by atoms with Gasteiger partial charge in [-0.25, -0.2) is 4.98 Å². The molecule has 2 N–H and O–H groups in total. The molecule has 7 nitrogen and oxygen atoms in total. The van der Waals surface area contributed by atoms with E-state index in [1.807, 2.05) is 13.0 Å². The van der Waals surface area contributed by atoms with Crippen LogP contribution < -0.4 is 10.9 Å². The number of Topliss-reactive ketones (excluding diaryl/α,β-unsaturated/α-hetero) is 1. The van der Waals surface area contributed by atoms with E-state index >= 15 is 0 Å². The van der Waals surface area contributed by atoms with E-state index in [9.17, 15) is 14.7 Å². The molecule has 29 heavy (non-hydrogen) atoms. The van der Waals surface area contributed by atoms with Crippen molar-refractivity contribution in [1.82, 2.24) is 14.9 Å². The Labute approximate surface area is 170 Å². The third kappa shape index (κ3) is 4.42. The predicted octanol–water partition coefficient (Wildman–Crippen LogP) is 1.67. The van der Waals surface area contributed by atoms with E-state index in [1.165, 1.54) is 10.9 Å². The van der Waals surface area contributed by atoms with Crippen molar-refractivity contribution in [2.75, 3.05) is 19.8 Å². The zero-order valence-corrected chi connectivity index (χ0v) is 16.9. The van der Waals surface area contributed by atoms with E-state index in [1.54, 1.807) is 0 Å². The number of aliphatic hydroxyl groups is 1. The van der Waals surface area contributed by atoms with Crippen molar-refractivity contribution < 1.29 is 14.6 Å². The number of benzene rings is 1. The lowest BCUT2D eigenvalue weighted by atomic mass is 9.89. The lowest BCUT2D eigenvalue weighted by molar-refractivity contribution is -0.121. The number of aromatic nitrogens is 2. The fourth-order valence-corrected chi connectivity index (χ4v) is 4.50. The number of aliphatic hydroxyl groups excluding tert-OH is 1. The van der Waals surface area contributed by atoms with Gasteiger partial charge in [0.1, 0.15) is 0 Å². The Kier molecular flexibility index (Phi) is 6.08. The number of nitrogens with zero attached hydrogens (tertiary/aromatic N) is 2. The van der Waals surface area contributed by atoms with Crippen LogP contribution in [0.25, 0.3) is 10.9 Å². The number of fused-ring (bicyclic) bond motifs is 1. The molecule has 2 aliphatic rings. The highest BCUT2D eigenvalue weighted by Crippen LogP contribution is 2.29. The van der Waals surface area contributed by atoms with Crippen LogP contribution in [0.4, 0.5) is 0 Å². The summed E-state index contributed by atoms with van der Waals surface area (Å²) in [6.07, 6.45) is 4.69. The third-order valence-corrected chi connectivity index (χ3v) is 6.17. The van der Waals surface area contributed by atoms with Crippen LogP contribution in [0.3, 0.4) is 0 Å². The van der Waals surface area contributed by atoms with E-state index in [0.29, 0.717) is 23.2 Å². The Morgan fingerprint density at radius 3 is 2.86 bits per heavy atom. The first-order valence-corrected chi connectivity index (χ1v) is 10.5. The highest BCUT2D eigenvalue weighted by molar-refractivity contribution is 5.83. The van der Waals surface area contributed by atoms with Gasteiger partial charge in [-0.2, -0.15) is 0 Å². The van der Waals surface area contributed by atoms with E-state index < -0.39 is 6.10 Å². The molecule has 156 valence electrons. The van der Waals surface area contributed by atoms with Crippen LogP contribution in [0, 0.1) is 6.92 Å². The summed E-state index contributed by atoms with van der Waals surface area (Å²) in [6.45, 7) is 4.25. The second-order valence-electron chi connectivity index (χ2n) is 8.31. The molecule has 0 amide bonds. The number of ketones is 1. The quantitative estimate of drug-likeness (QED) is 0.795. The fraction of sp³-hybridized carbons (Fsp3) is 0.591. The molecule has 3 heterocycles. The molecule has 2 atom stereocenters. The molecule has 0 aliphatic carbocycles. The van der Waals surface area contributed by atoms with Gasteiger partial charge in [-0.1, -0.05) is 6.07 Å². The monoisotopic (exact) mass is 399 g/mol. The van der Waals surface area contributed by atoms with Crippen molar-refractivity contribution >= 4 is 16.7 Å². The van der Waals surface area contributed by atoms with Crippen LogP contribution in [0.5, 0.6) is 0 Å². The van der Waals surface area contributed by atoms with Gasteiger partial charge in [-0.05, 0) is 62.3 Å². The van der Waals surface area contributed by atoms with Crippen molar-refractivity contribution in [1.29, 1.82) is 0 Å². The van der Waals surface area contributed by atoms with E-state index in [4.69, 9.17) is 4.74 Å². The summed E-state index contributed by atoms with van der Waals surface area (Å²) in [7, 11) is 0. The first-order valence-electron chi connectivity index (χ1n) is 10.5. The second kappa shape index (κ2) is 8.73. The fourth-order valence-electron chi connectivity index (χ4n) is 4.50. The van der Waals surface area contributed by atoms with Crippen molar-refractivity contribution in [3.63, 3.8) is 0 Å². The second-order valence-corrected chi connectivity index (χ2v) is 8.31. The van der Waals surface area contributed by atoms with Gasteiger partial charge in [0.2, 0.25) is 0 Å². The minimum atomic E-state index is -0.510. The molecule has 2 saturated heterocycles. The molecular formula is C22H29N3O4. The van der Waals surface area contributed by atoms with Gasteiger partial charge in [0, 0.05) is 25.7 Å². The first kappa shape index (κ1) is 20.2. The van der Waals surface area contributed by atoms with Crippen LogP contribution in [-0.4, -0.2) is 52.3 Å². The van der Waals surface area contributed by atoms with Crippen molar-refractivity contribution in [2.24, 2.45) is 0 Å². The number of aryl methyl sites for hydroxylation is 1. The number of hydrogen-bond donors (Lipinski definition) is 2. The molecular weight excluding hydrogens is 370 g/mol. The van der Waals surface area contributed by atoms with E-state index in [2.05, 4.69) is 16.4 Å². The van der Waals surface area contributed by atoms with Gasteiger partial charge < -0.3 is 15.2 Å². The summed E-state index contributed by atoms with van der Waals surface area (Å²) >= 11 is 0. The van der Waals surface area contributed by atoms with Crippen LogP contribution in [0.15, 0.2) is 23.3 Å². The zero-order chi connectivity index (χ0) is 20.4. The topological polar surface area (TPSA) is 93.5 Å². The lowest BCUT2D eigenvalue weighted by Crippen LogP contribution is -2.46. The van der Waals surface area contributed by atoms with E-state index in [0.717, 1.165) is 50.1 Å². The maximum absolute atomic E-state index is 13.1. The number of piperidine rings is 1. The number of carbonyl (C=O) groups excluding carboxylic acids is 1. The minimum absolute atomic E-state index is 0.0206. The van der Waals surface area contributed by atoms with Gasteiger partial charge in [0.15, 0.2) is 5.78 Å². The maximum atomic E-state index is 13.1. The molecule has 2 aliphatic heterocycles. The molecule has 2 aromatic rings. The Bertz CT molecular complexity index is 949. The molecule has 1 aromatic heterocycles. The molecule has 0 spiro atoms. The predicted molar refractivity (Wildman–Crippen MR) is 110 cm³/mol. The Hall–Kier alpha value is -2.09. The maximum Gasteiger partial charge on any atom is 0.261 e. The SMILES string of the molecule is Cc1cc(C2CCOCC2)cc2c(=O)n(CC(=O)C[C@H]3NCCC[C@@H]3O)cnc12. The van der Waals surface area contributed by atoms with Crippen LogP contribution >= 0.6 is 0 Å². The minimum Gasteiger partial charge on any atom is -0.391 e. The normalized spacial score (nSPS) is 23.4. The third-order valence-electron chi connectivity index (χ3n) is 6.17. The van der Waals surface area contributed by atoms with Gasteiger partial charge in [-0.3, -0.25) is 14.2 Å². The summed E-state index contributed by atoms with van der Waals surface area (Å²) in [4.78, 5) is 30.1. The highest BCUT2D eigenvalue weighted by Gasteiger charge is 2.25. The first-order chi connectivity index (χ1) is 14.0. The van der Waals surface area contributed by atoms with Gasteiger partial charge in [-0.15, -0.1) is 0 Å². The Balaban J connectivity index is 1.57. The smallest absolute Gasteiger partial charge is 0.261 e. The standard InChI is InChI=1S/C22H29N3O4/c1-14-9-16(15-4-7-29-8-5-15)10-18-21(14)24-13-25(22(18)28)12-17(26)11-19-20(27)3-2-6-23-19/h9-10,13,15,19-20,23,27H,2-8,11-12H2,1H3/t19-,20+/m1/s1.